The topological polar surface area (TPSA) is 94.5 Å². The summed E-state index contributed by atoms with van der Waals surface area (Å²) in [7, 11) is -3.77. The minimum absolute atomic E-state index is 0.927. The van der Waals surface area contributed by atoms with Gasteiger partial charge in [0.15, 0.2) is 0 Å². The van der Waals surface area contributed by atoms with Gasteiger partial charge in [0, 0.05) is 28.3 Å². The van der Waals surface area contributed by atoms with Gasteiger partial charge in [0.2, 0.25) is 0 Å². The van der Waals surface area contributed by atoms with Crippen LogP contribution >= 0.6 is 15.6 Å². The van der Waals surface area contributed by atoms with Crippen LogP contribution in [0, 0.1) is 0 Å². The largest absolute Gasteiger partial charge is 0.497 e. The van der Waals surface area contributed by atoms with Gasteiger partial charge in [-0.05, 0) is 0 Å². The lowest BCUT2D eigenvalue weighted by atomic mass is 11.2. The SMILES string of the molecule is COP(=O)(OC)OP(=O)(O)ON(C)C. The number of rotatable bonds is 6. The first kappa shape index (κ1) is 14.2. The smallest absolute Gasteiger partial charge is 0.301 e. The van der Waals surface area contributed by atoms with Crippen LogP contribution in [0.4, 0.5) is 0 Å². The standard InChI is InChI=1S/C4H13NO7P2/c1-5(2)11-13(6,7)12-14(8,9-3)10-4/h1-4H3,(H,6,7). The van der Waals surface area contributed by atoms with Crippen molar-refractivity contribution in [3.8, 4) is 0 Å². The van der Waals surface area contributed by atoms with Crippen molar-refractivity contribution in [3.05, 3.63) is 0 Å². The Labute approximate surface area is 81.9 Å². The molecule has 10 heteroatoms. The van der Waals surface area contributed by atoms with E-state index in [1.807, 2.05) is 0 Å². The highest BCUT2D eigenvalue weighted by atomic mass is 31.3. The molecule has 8 nitrogen and oxygen atoms in total. The summed E-state index contributed by atoms with van der Waals surface area (Å²) in [5.74, 6) is 0. The van der Waals surface area contributed by atoms with E-state index in [4.69, 9.17) is 4.89 Å². The zero-order valence-corrected chi connectivity index (χ0v) is 10.0. The van der Waals surface area contributed by atoms with Crippen molar-refractivity contribution in [1.82, 2.24) is 5.06 Å². The van der Waals surface area contributed by atoms with Crippen molar-refractivity contribution in [2.24, 2.45) is 0 Å². The molecule has 86 valence electrons. The molecule has 0 saturated heterocycles. The lowest BCUT2D eigenvalue weighted by Crippen LogP contribution is -2.11. The van der Waals surface area contributed by atoms with Gasteiger partial charge in [-0.25, -0.2) is 9.13 Å². The average molecular weight is 249 g/mol. The molecule has 0 aromatic rings. The van der Waals surface area contributed by atoms with Gasteiger partial charge >= 0.3 is 15.6 Å². The maximum atomic E-state index is 11.3. The first-order valence-corrected chi connectivity index (χ1v) is 6.33. The molecule has 0 aliphatic carbocycles. The number of phosphoric ester groups is 1. The van der Waals surface area contributed by atoms with Crippen molar-refractivity contribution >= 4 is 15.6 Å². The molecular formula is C4H13NO7P2. The summed E-state index contributed by atoms with van der Waals surface area (Å²) in [6, 6.07) is 0. The third-order valence-corrected chi connectivity index (χ3v) is 3.97. The number of hydroxylamine groups is 2. The number of nitrogens with zero attached hydrogens (tertiary/aromatic N) is 1. The van der Waals surface area contributed by atoms with Crippen LogP contribution in [0.2, 0.25) is 0 Å². The molecule has 1 N–H and O–H groups in total. The summed E-state index contributed by atoms with van der Waals surface area (Å²) in [5.41, 5.74) is 0. The van der Waals surface area contributed by atoms with Crippen LogP contribution in [0.25, 0.3) is 0 Å². The first-order chi connectivity index (χ1) is 6.24. The van der Waals surface area contributed by atoms with Gasteiger partial charge in [-0.3, -0.25) is 9.05 Å². The molecule has 0 aromatic heterocycles. The maximum Gasteiger partial charge on any atom is 0.497 e. The highest BCUT2D eigenvalue weighted by Gasteiger charge is 2.37. The predicted octanol–water partition coefficient (Wildman–Crippen LogP) is 0.997. The van der Waals surface area contributed by atoms with Crippen molar-refractivity contribution in [2.45, 2.75) is 0 Å². The second-order valence-corrected chi connectivity index (χ2v) is 5.63. The molecule has 0 bridgehead atoms. The maximum absolute atomic E-state index is 11.3. The van der Waals surface area contributed by atoms with E-state index in [1.165, 1.54) is 14.1 Å². The van der Waals surface area contributed by atoms with Gasteiger partial charge in [-0.15, -0.1) is 0 Å². The lowest BCUT2D eigenvalue weighted by Gasteiger charge is -2.18. The van der Waals surface area contributed by atoms with Gasteiger partial charge in [0.1, 0.15) is 0 Å². The van der Waals surface area contributed by atoms with E-state index in [1.54, 1.807) is 0 Å². The van der Waals surface area contributed by atoms with Gasteiger partial charge in [0.25, 0.3) is 0 Å². The quantitative estimate of drug-likeness (QED) is 0.550. The van der Waals surface area contributed by atoms with E-state index >= 15 is 0 Å². The molecule has 0 aliphatic heterocycles. The highest BCUT2D eigenvalue weighted by Crippen LogP contribution is 2.62. The summed E-state index contributed by atoms with van der Waals surface area (Å²) in [6.45, 7) is 0. The third-order valence-electron chi connectivity index (χ3n) is 0.917. The monoisotopic (exact) mass is 249 g/mol. The van der Waals surface area contributed by atoms with Crippen molar-refractivity contribution < 1.29 is 32.0 Å². The zero-order valence-electron chi connectivity index (χ0n) is 8.24. The normalized spacial score (nSPS) is 17.0. The Kier molecular flexibility index (Phi) is 5.43. The minimum Gasteiger partial charge on any atom is -0.301 e. The van der Waals surface area contributed by atoms with E-state index in [9.17, 15) is 9.13 Å². The molecule has 1 atom stereocenters. The summed E-state index contributed by atoms with van der Waals surface area (Å²) in [5, 5.41) is 0.927. The van der Waals surface area contributed by atoms with Crippen LogP contribution < -0.4 is 0 Å². The van der Waals surface area contributed by atoms with Crippen LogP contribution in [0.1, 0.15) is 0 Å². The summed E-state index contributed by atoms with van der Waals surface area (Å²) in [4.78, 5) is 9.02. The highest BCUT2D eigenvalue weighted by molar-refractivity contribution is 7.61. The Bertz CT molecular complexity index is 258. The molecule has 0 radical (unpaired) electrons. The molecular weight excluding hydrogens is 236 g/mol. The molecule has 14 heavy (non-hydrogen) atoms. The van der Waals surface area contributed by atoms with Gasteiger partial charge in [0.05, 0.1) is 0 Å². The molecule has 0 heterocycles. The second-order valence-electron chi connectivity index (χ2n) is 2.26. The summed E-state index contributed by atoms with van der Waals surface area (Å²) < 4.78 is 39.4. The van der Waals surface area contributed by atoms with Gasteiger partial charge in [-0.2, -0.15) is 14.0 Å². The number of hydrogen-bond acceptors (Lipinski definition) is 7. The molecule has 0 aromatic carbocycles. The Morgan fingerprint density at radius 1 is 1.14 bits per heavy atom. The van der Waals surface area contributed by atoms with E-state index in [0.29, 0.717) is 0 Å². The Hall–Kier alpha value is 0.220. The number of phosphoric acid groups is 2. The van der Waals surface area contributed by atoms with Gasteiger partial charge < -0.3 is 4.89 Å². The average Bonchev–Trinajstić information content (AvgIpc) is 2.01. The second kappa shape index (κ2) is 5.34. The molecule has 1 unspecified atom stereocenters. The Morgan fingerprint density at radius 3 is 1.86 bits per heavy atom. The van der Waals surface area contributed by atoms with Crippen molar-refractivity contribution in [2.75, 3.05) is 28.3 Å². The van der Waals surface area contributed by atoms with Crippen molar-refractivity contribution in [1.29, 1.82) is 0 Å². The van der Waals surface area contributed by atoms with Crippen LogP contribution in [0.5, 0.6) is 0 Å². The fraction of sp³-hybridized carbons (Fsp3) is 1.00. The zero-order chi connectivity index (χ0) is 11.4. The first-order valence-electron chi connectivity index (χ1n) is 3.37. The van der Waals surface area contributed by atoms with Crippen LogP contribution in [0.3, 0.4) is 0 Å². The summed E-state index contributed by atoms with van der Waals surface area (Å²) >= 11 is 0. The molecule has 0 saturated carbocycles. The van der Waals surface area contributed by atoms with Crippen molar-refractivity contribution in [3.63, 3.8) is 0 Å². The molecule has 0 rings (SSSR count). The third kappa shape index (κ3) is 5.19. The lowest BCUT2D eigenvalue weighted by molar-refractivity contribution is -0.0334. The van der Waals surface area contributed by atoms with Gasteiger partial charge in [-0.1, -0.05) is 0 Å². The number of hydrogen-bond donors (Lipinski definition) is 1. The summed E-state index contributed by atoms with van der Waals surface area (Å²) in [6.07, 6.45) is 0. The predicted molar refractivity (Wildman–Crippen MR) is 47.3 cm³/mol. The molecule has 0 spiro atoms. The Morgan fingerprint density at radius 2 is 1.57 bits per heavy atom. The molecule has 0 amide bonds. The molecule has 0 fully saturated rings. The fourth-order valence-corrected chi connectivity index (χ4v) is 2.71. The van der Waals surface area contributed by atoms with E-state index in [2.05, 4.69) is 18.0 Å². The molecule has 0 aliphatic rings. The Balaban J connectivity index is 4.49. The van der Waals surface area contributed by atoms with Crippen LogP contribution in [0.15, 0.2) is 0 Å². The van der Waals surface area contributed by atoms with E-state index in [-0.39, 0.29) is 0 Å². The fourth-order valence-electron chi connectivity index (χ4n) is 0.489. The minimum atomic E-state index is -4.49. The van der Waals surface area contributed by atoms with Crippen LogP contribution in [-0.4, -0.2) is 38.3 Å². The van der Waals surface area contributed by atoms with E-state index in [0.717, 1.165) is 19.3 Å². The van der Waals surface area contributed by atoms with Crippen LogP contribution in [-0.2, 0) is 27.1 Å². The van der Waals surface area contributed by atoms with E-state index < -0.39 is 15.6 Å².